The average molecular weight is 925 g/mol. The van der Waals surface area contributed by atoms with Gasteiger partial charge in [-0.1, -0.05) is 174 Å². The van der Waals surface area contributed by atoms with Gasteiger partial charge in [-0.25, -0.2) is 0 Å². The van der Waals surface area contributed by atoms with Gasteiger partial charge in [0.15, 0.2) is 0 Å². The fraction of sp³-hybridized carbons (Fsp3) is 0.284. The van der Waals surface area contributed by atoms with Gasteiger partial charge >= 0.3 is 6.85 Å². The van der Waals surface area contributed by atoms with Crippen LogP contribution >= 0.6 is 0 Å². The minimum Gasteiger partial charge on any atom is -0.455 e. The van der Waals surface area contributed by atoms with E-state index >= 15 is 0 Å². The molecule has 8 aromatic carbocycles. The minimum atomic E-state index is -0.230. The predicted octanol–water partition coefficient (Wildman–Crippen LogP) is 17.2. The number of hydrogen-bond acceptors (Lipinski definition) is 3. The van der Waals surface area contributed by atoms with Crippen molar-refractivity contribution < 1.29 is 4.42 Å². The molecule has 0 N–H and O–H groups in total. The van der Waals surface area contributed by atoms with Gasteiger partial charge in [-0.05, 0) is 162 Å². The molecule has 0 radical (unpaired) electrons. The van der Waals surface area contributed by atoms with Gasteiger partial charge in [0.25, 0.3) is 0 Å². The molecule has 0 unspecified atom stereocenters. The third-order valence-corrected chi connectivity index (χ3v) is 17.4. The predicted molar refractivity (Wildman–Crippen MR) is 303 cm³/mol. The van der Waals surface area contributed by atoms with Crippen molar-refractivity contribution in [1.82, 2.24) is 0 Å². The van der Waals surface area contributed by atoms with Crippen molar-refractivity contribution in [2.24, 2.45) is 0 Å². The molecule has 9 aromatic rings. The van der Waals surface area contributed by atoms with Crippen LogP contribution in [0.4, 0.5) is 28.4 Å². The average Bonchev–Trinajstić information content (AvgIpc) is 3.82. The number of anilines is 5. The largest absolute Gasteiger partial charge is 0.455 e. The van der Waals surface area contributed by atoms with E-state index in [0.717, 1.165) is 27.6 Å². The monoisotopic (exact) mass is 925 g/mol. The Bertz CT molecular complexity index is 3690. The molecular formula is C67H65BN2O. The van der Waals surface area contributed by atoms with Crippen molar-refractivity contribution in [1.29, 1.82) is 0 Å². The van der Waals surface area contributed by atoms with Gasteiger partial charge in [0.2, 0.25) is 0 Å². The number of benzene rings is 8. The van der Waals surface area contributed by atoms with Crippen molar-refractivity contribution >= 4 is 68.1 Å². The Labute approximate surface area is 421 Å². The van der Waals surface area contributed by atoms with Gasteiger partial charge in [0.05, 0.1) is 0 Å². The van der Waals surface area contributed by atoms with E-state index in [9.17, 15) is 0 Å². The summed E-state index contributed by atoms with van der Waals surface area (Å²) in [5, 5.41) is 2.28. The molecule has 4 aliphatic rings. The molecule has 352 valence electrons. The van der Waals surface area contributed by atoms with Gasteiger partial charge in [-0.15, -0.1) is 0 Å². The lowest BCUT2D eigenvalue weighted by Crippen LogP contribution is -2.61. The Morgan fingerprint density at radius 1 is 0.479 bits per heavy atom. The Balaban J connectivity index is 1.17. The summed E-state index contributed by atoms with van der Waals surface area (Å²) in [4.78, 5) is 5.26. The number of rotatable bonds is 3. The number of para-hydroxylation sites is 1. The number of furan rings is 1. The summed E-state index contributed by atoms with van der Waals surface area (Å²) in [6.07, 6.45) is 2.37. The van der Waals surface area contributed by atoms with Crippen LogP contribution in [-0.4, -0.2) is 6.85 Å². The Kier molecular flexibility index (Phi) is 9.12. The normalized spacial score (nSPS) is 16.9. The summed E-state index contributed by atoms with van der Waals surface area (Å²) in [6, 6.07) is 58.4. The van der Waals surface area contributed by atoms with E-state index in [0.29, 0.717) is 0 Å². The van der Waals surface area contributed by atoms with Crippen molar-refractivity contribution in [3.05, 3.63) is 185 Å². The molecule has 2 aliphatic carbocycles. The fourth-order valence-corrected chi connectivity index (χ4v) is 13.1. The first-order chi connectivity index (χ1) is 33.7. The SMILES string of the molecule is CC(C)(C)c1ccc(N2c3ccc(C(C)(C)C)cc3B3c4c2cc2c(oc5ccccc52)c4-c2cc4c(cc2N3c2ccc(-c3ccccc3)cc2)C(C)(C)c2cc3c(cc2-4)C(C)(C)CCC3(C)C)cc1. The Hall–Kier alpha value is -6.78. The molecule has 13 rings (SSSR count). The molecule has 0 atom stereocenters. The van der Waals surface area contributed by atoms with Crippen molar-refractivity contribution in [3.8, 4) is 33.4 Å². The smallest absolute Gasteiger partial charge is 0.333 e. The number of nitrogens with zero attached hydrogens (tertiary/aromatic N) is 2. The zero-order valence-electron chi connectivity index (χ0n) is 43.7. The second-order valence-electron chi connectivity index (χ2n) is 25.3. The van der Waals surface area contributed by atoms with E-state index < -0.39 is 0 Å². The maximum absolute atomic E-state index is 7.26. The van der Waals surface area contributed by atoms with Crippen LogP contribution in [0.3, 0.4) is 0 Å². The summed E-state index contributed by atoms with van der Waals surface area (Å²) in [7, 11) is 0. The van der Waals surface area contributed by atoms with Crippen molar-refractivity contribution in [2.45, 2.75) is 123 Å². The molecule has 2 aliphatic heterocycles. The summed E-state index contributed by atoms with van der Waals surface area (Å²) in [5.74, 6) is 0. The Morgan fingerprint density at radius 3 is 1.76 bits per heavy atom. The van der Waals surface area contributed by atoms with Gasteiger partial charge in [0, 0.05) is 55.8 Å². The summed E-state index contributed by atoms with van der Waals surface area (Å²) < 4.78 is 7.26. The second-order valence-corrected chi connectivity index (χ2v) is 25.3. The lowest BCUT2D eigenvalue weighted by molar-refractivity contribution is 0.331. The molecule has 4 heteroatoms. The molecule has 0 bridgehead atoms. The Morgan fingerprint density at radius 2 is 1.07 bits per heavy atom. The van der Waals surface area contributed by atoms with E-state index in [2.05, 4.69) is 244 Å². The molecule has 0 amide bonds. The maximum Gasteiger partial charge on any atom is 0.333 e. The molecule has 0 saturated heterocycles. The van der Waals surface area contributed by atoms with Gasteiger partial charge in [-0.3, -0.25) is 0 Å². The lowest BCUT2D eigenvalue weighted by Gasteiger charge is -2.46. The van der Waals surface area contributed by atoms with Crippen molar-refractivity contribution in [3.63, 3.8) is 0 Å². The van der Waals surface area contributed by atoms with Crippen LogP contribution < -0.4 is 20.6 Å². The van der Waals surface area contributed by atoms with E-state index in [1.54, 1.807) is 0 Å². The first-order valence-electron chi connectivity index (χ1n) is 26.1. The molecule has 1 aromatic heterocycles. The van der Waals surface area contributed by atoms with E-state index in [4.69, 9.17) is 4.42 Å². The van der Waals surface area contributed by atoms with Crippen LogP contribution in [0.1, 0.15) is 129 Å². The zero-order valence-corrected chi connectivity index (χ0v) is 43.7. The second kappa shape index (κ2) is 14.7. The highest BCUT2D eigenvalue weighted by molar-refractivity contribution is 6.94. The van der Waals surface area contributed by atoms with E-state index in [-0.39, 0.29) is 33.9 Å². The summed E-state index contributed by atoms with van der Waals surface area (Å²) in [5.41, 5.74) is 26.3. The first kappa shape index (κ1) is 44.2. The molecule has 0 saturated carbocycles. The lowest BCUT2D eigenvalue weighted by atomic mass is 9.43. The molecule has 0 spiro atoms. The van der Waals surface area contributed by atoms with E-state index in [1.807, 2.05) is 0 Å². The van der Waals surface area contributed by atoms with Crippen molar-refractivity contribution in [2.75, 3.05) is 9.71 Å². The molecule has 3 heterocycles. The third kappa shape index (κ3) is 6.41. The third-order valence-electron chi connectivity index (χ3n) is 17.4. The first-order valence-corrected chi connectivity index (χ1v) is 26.1. The molecular weight excluding hydrogens is 860 g/mol. The van der Waals surface area contributed by atoms with Crippen LogP contribution in [-0.2, 0) is 27.1 Å². The van der Waals surface area contributed by atoms with Crippen LogP contribution in [0.25, 0.3) is 55.3 Å². The minimum absolute atomic E-state index is 0.0256. The summed E-state index contributed by atoms with van der Waals surface area (Å²) >= 11 is 0. The van der Waals surface area contributed by atoms with Crippen LogP contribution in [0.15, 0.2) is 156 Å². The molecule has 71 heavy (non-hydrogen) atoms. The van der Waals surface area contributed by atoms with Gasteiger partial charge < -0.3 is 14.1 Å². The zero-order chi connectivity index (χ0) is 49.3. The highest BCUT2D eigenvalue weighted by Crippen LogP contribution is 2.59. The molecule has 0 fully saturated rings. The van der Waals surface area contributed by atoms with Gasteiger partial charge in [-0.2, -0.15) is 0 Å². The quantitative estimate of drug-likeness (QED) is 0.165. The molecule has 3 nitrogen and oxygen atoms in total. The number of fused-ring (bicyclic) bond motifs is 12. The van der Waals surface area contributed by atoms with Gasteiger partial charge in [0.1, 0.15) is 11.2 Å². The highest BCUT2D eigenvalue weighted by Gasteiger charge is 2.49. The highest BCUT2D eigenvalue weighted by atomic mass is 16.3. The fourth-order valence-electron chi connectivity index (χ4n) is 13.1. The van der Waals surface area contributed by atoms with Crippen LogP contribution in [0.2, 0.25) is 0 Å². The standard InChI is InChI=1S/C67H65BN2O/c1-63(2,3)42-24-29-44(30-25-42)69-56-31-26-43(64(4,5)6)34-55(56)68-61-58(69)37-49-46-20-16-17-21-59(46)71-62(49)60(61)50-35-47-48-36-53-54(66(9,10)33-32-65(53,7)8)38-51(48)67(11,12)52(47)39-57(50)70(68)45-27-22-41(23-28-45)40-18-14-13-15-19-40/h13-31,34-39H,32-33H2,1-12H3. The summed E-state index contributed by atoms with van der Waals surface area (Å²) in [6.45, 7) is 28.5. The topological polar surface area (TPSA) is 19.6 Å². The number of hydrogen-bond donors (Lipinski definition) is 0. The van der Waals surface area contributed by atoms with Crippen LogP contribution in [0.5, 0.6) is 0 Å². The van der Waals surface area contributed by atoms with Crippen LogP contribution in [0, 0.1) is 0 Å². The maximum atomic E-state index is 7.26. The van der Waals surface area contributed by atoms with E-state index in [1.165, 1.54) is 113 Å².